The minimum absolute atomic E-state index is 0.00846. The van der Waals surface area contributed by atoms with E-state index in [2.05, 4.69) is 0 Å². The normalized spacial score (nSPS) is 13.3. The molecule has 3 rings (SSSR count). The van der Waals surface area contributed by atoms with Gasteiger partial charge in [-0.25, -0.2) is 13.2 Å². The largest absolute Gasteiger partial charge is 0.618 e. The lowest BCUT2D eigenvalue weighted by molar-refractivity contribution is -0.355. The Bertz CT molecular complexity index is 890. The quantitative estimate of drug-likeness (QED) is 0.462. The molecule has 0 atom stereocenters. The van der Waals surface area contributed by atoms with Crippen molar-refractivity contribution in [2.75, 3.05) is 0 Å². The maximum atomic E-state index is 13.3. The van der Waals surface area contributed by atoms with Crippen molar-refractivity contribution in [2.24, 2.45) is 0 Å². The molecule has 0 saturated carbocycles. The van der Waals surface area contributed by atoms with E-state index in [-0.39, 0.29) is 27.1 Å². The summed E-state index contributed by atoms with van der Waals surface area (Å²) in [6.07, 6.45) is 0. The first kappa shape index (κ1) is 13.8. The Morgan fingerprint density at radius 3 is 2.32 bits per heavy atom. The van der Waals surface area contributed by atoms with Crippen LogP contribution >= 0.6 is 0 Å². The minimum Gasteiger partial charge on any atom is -0.618 e. The molecule has 108 valence electrons. The molecule has 2 aromatic carbocycles. The maximum Gasteiger partial charge on any atom is 0.273 e. The van der Waals surface area contributed by atoms with Crippen molar-refractivity contribution in [1.82, 2.24) is 0 Å². The van der Waals surface area contributed by atoms with Crippen molar-refractivity contribution in [1.29, 1.82) is 5.26 Å². The van der Waals surface area contributed by atoms with Crippen LogP contribution in [0.4, 0.5) is 18.9 Å². The summed E-state index contributed by atoms with van der Waals surface area (Å²) in [6.45, 7) is 0. The lowest BCUT2D eigenvalue weighted by Crippen LogP contribution is -2.17. The lowest BCUT2D eigenvalue weighted by Gasteiger charge is -2.03. The van der Waals surface area contributed by atoms with Crippen LogP contribution in [0.2, 0.25) is 0 Å². The lowest BCUT2D eigenvalue weighted by atomic mass is 10.0. The second kappa shape index (κ2) is 4.70. The highest BCUT2D eigenvalue weighted by atomic mass is 19.2. The third-order valence-electron chi connectivity index (χ3n) is 3.27. The number of ketones is 1. The van der Waals surface area contributed by atoms with Gasteiger partial charge in [-0.15, -0.1) is 0 Å². The summed E-state index contributed by atoms with van der Waals surface area (Å²) in [5.41, 5.74) is -0.822. The van der Waals surface area contributed by atoms with Gasteiger partial charge in [0.25, 0.3) is 11.5 Å². The predicted molar refractivity (Wildman–Crippen MR) is 69.2 cm³/mol. The Morgan fingerprint density at radius 1 is 1.09 bits per heavy atom. The Labute approximate surface area is 121 Å². The second-order valence-electron chi connectivity index (χ2n) is 4.57. The molecule has 0 N–H and O–H groups in total. The highest BCUT2D eigenvalue weighted by Crippen LogP contribution is 2.29. The van der Waals surface area contributed by atoms with Crippen LogP contribution in [0.3, 0.4) is 0 Å². The maximum absolute atomic E-state index is 13.3. The molecule has 4 nitrogen and oxygen atoms in total. The number of hydrogen-bond donors (Lipinski definition) is 0. The van der Waals surface area contributed by atoms with Gasteiger partial charge in [0, 0.05) is 6.07 Å². The third kappa shape index (κ3) is 1.85. The van der Waals surface area contributed by atoms with Gasteiger partial charge in [-0.3, -0.25) is 4.79 Å². The number of nitriles is 1. The Morgan fingerprint density at radius 2 is 1.73 bits per heavy atom. The predicted octanol–water partition coefficient (Wildman–Crippen LogP) is 2.80. The van der Waals surface area contributed by atoms with Crippen molar-refractivity contribution in [3.05, 3.63) is 69.7 Å². The van der Waals surface area contributed by atoms with Crippen LogP contribution < -0.4 is 0 Å². The highest BCUT2D eigenvalue weighted by Gasteiger charge is 2.37. The first-order chi connectivity index (χ1) is 10.4. The summed E-state index contributed by atoms with van der Waals surface area (Å²) in [5, 5.41) is 21.0. The average Bonchev–Trinajstić information content (AvgIpc) is 2.75. The van der Waals surface area contributed by atoms with Crippen LogP contribution in [0, 0.1) is 34.0 Å². The molecular formula is C15H5F3N2O2. The average molecular weight is 302 g/mol. The molecule has 2 aromatic rings. The number of halogens is 3. The fourth-order valence-corrected chi connectivity index (χ4v) is 2.24. The van der Waals surface area contributed by atoms with Crippen LogP contribution in [0.1, 0.15) is 21.5 Å². The van der Waals surface area contributed by atoms with E-state index in [4.69, 9.17) is 5.26 Å². The molecule has 0 spiro atoms. The van der Waals surface area contributed by atoms with Crippen molar-refractivity contribution in [3.8, 4) is 6.07 Å². The molecule has 0 amide bonds. The number of fused-ring (bicyclic) bond motifs is 1. The standard InChI is InChI=1S/C15H5F3N2O2/c16-10-4-8(5-11(17)13(10)18)14-15(21)9-2-1-7(6-19)3-12(9)20(14)22/h1-5H. The fraction of sp³-hybridized carbons (Fsp3) is 0. The first-order valence-corrected chi connectivity index (χ1v) is 6.02. The number of hydrogen-bond acceptors (Lipinski definition) is 3. The van der Waals surface area contributed by atoms with Crippen molar-refractivity contribution in [3.63, 3.8) is 0 Å². The van der Waals surface area contributed by atoms with Crippen LogP contribution in [0.5, 0.6) is 0 Å². The van der Waals surface area contributed by atoms with Gasteiger partial charge in [0.2, 0.25) is 5.69 Å². The van der Waals surface area contributed by atoms with E-state index in [1.54, 1.807) is 0 Å². The molecule has 0 saturated heterocycles. The number of carbonyl (C=O) groups excluding carboxylic acids is 1. The van der Waals surface area contributed by atoms with E-state index in [1.807, 2.05) is 6.07 Å². The summed E-state index contributed by atoms with van der Waals surface area (Å²) in [4.78, 5) is 12.2. The molecule has 1 aliphatic rings. The van der Waals surface area contributed by atoms with Gasteiger partial charge in [-0.05, 0) is 24.3 Å². The molecule has 22 heavy (non-hydrogen) atoms. The van der Waals surface area contributed by atoms with Gasteiger partial charge >= 0.3 is 0 Å². The summed E-state index contributed by atoms with van der Waals surface area (Å²) in [6, 6.07) is 6.80. The monoisotopic (exact) mass is 302 g/mol. The van der Waals surface area contributed by atoms with Gasteiger partial charge in [-0.1, -0.05) is 0 Å². The van der Waals surface area contributed by atoms with Gasteiger partial charge in [0.1, 0.15) is 5.56 Å². The highest BCUT2D eigenvalue weighted by molar-refractivity contribution is 6.52. The van der Waals surface area contributed by atoms with Crippen molar-refractivity contribution in [2.45, 2.75) is 0 Å². The molecule has 0 fully saturated rings. The first-order valence-electron chi connectivity index (χ1n) is 6.02. The van der Waals surface area contributed by atoms with Gasteiger partial charge in [0.05, 0.1) is 17.2 Å². The molecular weight excluding hydrogens is 297 g/mol. The van der Waals surface area contributed by atoms with E-state index >= 15 is 0 Å². The summed E-state index contributed by atoms with van der Waals surface area (Å²) < 4.78 is 39.8. The SMILES string of the molecule is N#Cc1ccc2c(c1)[N+]([O-])=C(c1cc(F)c(F)c(F)c1)C2=O. The van der Waals surface area contributed by atoms with Crippen LogP contribution in [-0.4, -0.2) is 16.2 Å². The number of rotatable bonds is 1. The molecule has 1 aliphatic heterocycles. The molecule has 1 heterocycles. The molecule has 7 heteroatoms. The number of nitrogens with zero attached hydrogens (tertiary/aromatic N) is 2. The molecule has 0 radical (unpaired) electrons. The second-order valence-corrected chi connectivity index (χ2v) is 4.57. The summed E-state index contributed by atoms with van der Waals surface area (Å²) in [5.74, 6) is -5.44. The molecule has 0 aromatic heterocycles. The zero-order valence-corrected chi connectivity index (χ0v) is 10.7. The topological polar surface area (TPSA) is 66.9 Å². The summed E-state index contributed by atoms with van der Waals surface area (Å²) in [7, 11) is 0. The third-order valence-corrected chi connectivity index (χ3v) is 3.27. The molecule has 0 bridgehead atoms. The smallest absolute Gasteiger partial charge is 0.273 e. The Kier molecular flexibility index (Phi) is 2.95. The van der Waals surface area contributed by atoms with Gasteiger partial charge < -0.3 is 5.21 Å². The Balaban J connectivity index is 2.23. The van der Waals surface area contributed by atoms with Crippen LogP contribution in [-0.2, 0) is 0 Å². The van der Waals surface area contributed by atoms with Crippen molar-refractivity contribution < 1.29 is 22.7 Å². The van der Waals surface area contributed by atoms with E-state index in [9.17, 15) is 23.2 Å². The fourth-order valence-electron chi connectivity index (χ4n) is 2.24. The summed E-state index contributed by atoms with van der Waals surface area (Å²) >= 11 is 0. The number of carbonyl (C=O) groups is 1. The number of benzene rings is 2. The van der Waals surface area contributed by atoms with E-state index in [1.165, 1.54) is 18.2 Å². The van der Waals surface area contributed by atoms with Crippen LogP contribution in [0.25, 0.3) is 0 Å². The minimum atomic E-state index is -1.68. The zero-order chi connectivity index (χ0) is 16.0. The molecule has 0 unspecified atom stereocenters. The number of Topliss-reactive ketones (excluding diaryl/α,β-unsaturated/α-hetero) is 1. The van der Waals surface area contributed by atoms with Gasteiger partial charge in [0.15, 0.2) is 17.5 Å². The van der Waals surface area contributed by atoms with Crippen LogP contribution in [0.15, 0.2) is 30.3 Å². The van der Waals surface area contributed by atoms with E-state index < -0.39 is 28.9 Å². The van der Waals surface area contributed by atoms with E-state index in [0.717, 1.165) is 0 Å². The molecule has 0 aliphatic carbocycles. The van der Waals surface area contributed by atoms with Gasteiger partial charge in [-0.2, -0.15) is 10.0 Å². The van der Waals surface area contributed by atoms with E-state index in [0.29, 0.717) is 12.1 Å². The zero-order valence-electron chi connectivity index (χ0n) is 10.7. The van der Waals surface area contributed by atoms with Crippen molar-refractivity contribution >= 4 is 17.2 Å². The Hall–Kier alpha value is -3.14.